The fourth-order valence-corrected chi connectivity index (χ4v) is 3.70. The van der Waals surface area contributed by atoms with E-state index in [0.717, 1.165) is 46.6 Å². The minimum absolute atomic E-state index is 0.301. The third-order valence-corrected chi connectivity index (χ3v) is 5.36. The van der Waals surface area contributed by atoms with Gasteiger partial charge in [-0.15, -0.1) is 0 Å². The van der Waals surface area contributed by atoms with Crippen molar-refractivity contribution in [1.82, 2.24) is 14.9 Å². The summed E-state index contributed by atoms with van der Waals surface area (Å²) in [4.78, 5) is 10.7. The lowest BCUT2D eigenvalue weighted by Gasteiger charge is -2.19. The van der Waals surface area contributed by atoms with Crippen LogP contribution in [0.4, 0.5) is 5.69 Å². The van der Waals surface area contributed by atoms with Crippen LogP contribution in [0.1, 0.15) is 35.9 Å². The van der Waals surface area contributed by atoms with Crippen molar-refractivity contribution in [2.75, 3.05) is 11.9 Å². The number of anilines is 1. The van der Waals surface area contributed by atoms with Crippen molar-refractivity contribution >= 4 is 29.6 Å². The Morgan fingerprint density at radius 2 is 2.06 bits per heavy atom. The summed E-state index contributed by atoms with van der Waals surface area (Å²) >= 11 is 0. The van der Waals surface area contributed by atoms with E-state index < -0.39 is 0 Å². The van der Waals surface area contributed by atoms with Gasteiger partial charge in [-0.3, -0.25) is 20.8 Å². The van der Waals surface area contributed by atoms with Crippen LogP contribution >= 0.6 is 0 Å². The van der Waals surface area contributed by atoms with Gasteiger partial charge in [0.15, 0.2) is 0 Å². The number of rotatable bonds is 8. The summed E-state index contributed by atoms with van der Waals surface area (Å²) in [5, 5.41) is 19.3. The molecule has 3 aromatic rings. The molecular weight excluding hydrogens is 396 g/mol. The van der Waals surface area contributed by atoms with Gasteiger partial charge in [0.25, 0.3) is 0 Å². The summed E-state index contributed by atoms with van der Waals surface area (Å²) < 4.78 is 0. The smallest absolute Gasteiger partial charge is 0.133 e. The summed E-state index contributed by atoms with van der Waals surface area (Å²) in [6, 6.07) is 13.7. The molecule has 1 aliphatic rings. The summed E-state index contributed by atoms with van der Waals surface area (Å²) in [5.74, 6) is 0.301. The number of fused-ring (bicyclic) bond motifs is 1. The molecule has 0 saturated heterocycles. The number of benzene rings is 1. The van der Waals surface area contributed by atoms with Gasteiger partial charge in [-0.1, -0.05) is 31.7 Å². The third kappa shape index (κ3) is 4.49. The van der Waals surface area contributed by atoms with Gasteiger partial charge < -0.3 is 10.2 Å². The van der Waals surface area contributed by atoms with E-state index in [1.165, 1.54) is 11.9 Å². The molecule has 0 radical (unpaired) electrons. The van der Waals surface area contributed by atoms with Gasteiger partial charge in [0.05, 0.1) is 23.4 Å². The maximum absolute atomic E-state index is 8.41. The number of aromatic nitrogens is 2. The van der Waals surface area contributed by atoms with Crippen molar-refractivity contribution < 1.29 is 0 Å². The highest BCUT2D eigenvalue weighted by Crippen LogP contribution is 2.26. The number of nitrogens with zero attached hydrogens (tertiary/aromatic N) is 3. The molecule has 2 heterocycles. The van der Waals surface area contributed by atoms with Crippen LogP contribution in [0.3, 0.4) is 0 Å². The largest absolute Gasteiger partial charge is 0.354 e. The highest BCUT2D eigenvalue weighted by Gasteiger charge is 2.12. The first-order chi connectivity index (χ1) is 15.6. The van der Waals surface area contributed by atoms with Gasteiger partial charge in [0.2, 0.25) is 0 Å². The van der Waals surface area contributed by atoms with E-state index >= 15 is 0 Å². The summed E-state index contributed by atoms with van der Waals surface area (Å²) in [7, 11) is 0. The number of hydrogen-bond donors (Lipinski definition) is 3. The number of pyridine rings is 2. The Morgan fingerprint density at radius 1 is 1.19 bits per heavy atom. The van der Waals surface area contributed by atoms with Crippen LogP contribution < -0.4 is 5.32 Å². The van der Waals surface area contributed by atoms with Crippen LogP contribution in [-0.2, 0) is 6.42 Å². The minimum Gasteiger partial charge on any atom is -0.354 e. The first-order valence-corrected chi connectivity index (χ1v) is 10.6. The molecule has 6 nitrogen and oxygen atoms in total. The highest BCUT2D eigenvalue weighted by molar-refractivity contribution is 6.02. The molecule has 4 rings (SSSR count). The Labute approximate surface area is 188 Å². The lowest BCUT2D eigenvalue weighted by atomic mass is 10.0. The Kier molecular flexibility index (Phi) is 6.22. The van der Waals surface area contributed by atoms with E-state index in [4.69, 9.17) is 10.8 Å². The predicted octanol–water partition coefficient (Wildman–Crippen LogP) is 5.44. The molecule has 0 amide bonds. The van der Waals surface area contributed by atoms with E-state index in [1.54, 1.807) is 11.1 Å². The predicted molar refractivity (Wildman–Crippen MR) is 132 cm³/mol. The topological polar surface area (TPSA) is 88.8 Å². The van der Waals surface area contributed by atoms with Crippen molar-refractivity contribution in [3.8, 4) is 11.1 Å². The molecule has 32 heavy (non-hydrogen) atoms. The van der Waals surface area contributed by atoms with Gasteiger partial charge in [-0.2, -0.15) is 0 Å². The van der Waals surface area contributed by atoms with E-state index in [2.05, 4.69) is 40.1 Å². The quantitative estimate of drug-likeness (QED) is 0.333. The molecule has 3 N–H and O–H groups in total. The molecule has 1 aliphatic carbocycles. The van der Waals surface area contributed by atoms with Crippen molar-refractivity contribution in [3.63, 3.8) is 0 Å². The Hall–Kier alpha value is -4.06. The van der Waals surface area contributed by atoms with Crippen LogP contribution in [-0.4, -0.2) is 33.6 Å². The molecule has 0 saturated carbocycles. The zero-order chi connectivity index (χ0) is 22.5. The average molecular weight is 423 g/mol. The summed E-state index contributed by atoms with van der Waals surface area (Å²) in [5.41, 5.74) is 7.34. The maximum Gasteiger partial charge on any atom is 0.133 e. The van der Waals surface area contributed by atoms with E-state index in [9.17, 15) is 0 Å². The molecule has 0 spiro atoms. The molecule has 0 atom stereocenters. The number of nitrogens with one attached hydrogen (secondary N) is 3. The number of hydrogen-bond acceptors (Lipinski definition) is 5. The minimum atomic E-state index is 0.301. The average Bonchev–Trinajstić information content (AvgIpc) is 3.30. The van der Waals surface area contributed by atoms with Crippen molar-refractivity contribution in [3.05, 3.63) is 90.0 Å². The Bertz CT molecular complexity index is 1210. The molecule has 0 fully saturated rings. The molecule has 0 unspecified atom stereocenters. The molecule has 160 valence electrons. The summed E-state index contributed by atoms with van der Waals surface area (Å²) in [6.45, 7) is 6.83. The third-order valence-electron chi connectivity index (χ3n) is 5.36. The van der Waals surface area contributed by atoms with E-state index in [0.29, 0.717) is 18.1 Å². The molecule has 1 aromatic carbocycles. The highest BCUT2D eigenvalue weighted by atomic mass is 15.2. The van der Waals surface area contributed by atoms with E-state index in [-0.39, 0.29) is 0 Å². The van der Waals surface area contributed by atoms with Gasteiger partial charge in [0.1, 0.15) is 5.84 Å². The molecule has 0 aliphatic heterocycles. The van der Waals surface area contributed by atoms with Crippen LogP contribution in [0.25, 0.3) is 22.9 Å². The molecule has 6 heteroatoms. The zero-order valence-corrected chi connectivity index (χ0v) is 18.1. The zero-order valence-electron chi connectivity index (χ0n) is 18.1. The SMILES string of the molecule is C=C(Nc1cccc(C(=N)N(C=N)CCC)c1)c1cc(-c2cnc3c(c2)CC=C3)ccn1. The van der Waals surface area contributed by atoms with E-state index in [1.807, 2.05) is 49.5 Å². The monoisotopic (exact) mass is 422 g/mol. The lowest BCUT2D eigenvalue weighted by Crippen LogP contribution is -2.30. The second-order valence-corrected chi connectivity index (χ2v) is 7.66. The fraction of sp³-hybridized carbons (Fsp3) is 0.154. The van der Waals surface area contributed by atoms with Crippen LogP contribution in [0.2, 0.25) is 0 Å². The van der Waals surface area contributed by atoms with Crippen molar-refractivity contribution in [2.45, 2.75) is 19.8 Å². The first-order valence-electron chi connectivity index (χ1n) is 10.6. The number of amidine groups is 1. The Morgan fingerprint density at radius 3 is 2.88 bits per heavy atom. The van der Waals surface area contributed by atoms with Crippen molar-refractivity contribution in [1.29, 1.82) is 10.8 Å². The van der Waals surface area contributed by atoms with Crippen LogP contribution in [0, 0.1) is 10.8 Å². The maximum atomic E-state index is 8.41. The second kappa shape index (κ2) is 9.39. The Balaban J connectivity index is 1.52. The lowest BCUT2D eigenvalue weighted by molar-refractivity contribution is 0.603. The molecule has 2 aromatic heterocycles. The first kappa shape index (κ1) is 21.2. The van der Waals surface area contributed by atoms with Crippen molar-refractivity contribution in [2.24, 2.45) is 0 Å². The normalized spacial score (nSPS) is 11.7. The van der Waals surface area contributed by atoms with Crippen LogP contribution in [0.15, 0.2) is 67.5 Å². The van der Waals surface area contributed by atoms with Gasteiger partial charge in [-0.25, -0.2) is 0 Å². The second-order valence-electron chi connectivity index (χ2n) is 7.66. The number of allylic oxidation sites excluding steroid dienone is 1. The van der Waals surface area contributed by atoms with Gasteiger partial charge >= 0.3 is 0 Å². The van der Waals surface area contributed by atoms with Crippen LogP contribution in [0.5, 0.6) is 0 Å². The fourth-order valence-electron chi connectivity index (χ4n) is 3.70. The van der Waals surface area contributed by atoms with Gasteiger partial charge in [0, 0.05) is 35.8 Å². The van der Waals surface area contributed by atoms with Gasteiger partial charge in [-0.05, 0) is 60.4 Å². The molecule has 0 bridgehead atoms. The summed E-state index contributed by atoms with van der Waals surface area (Å²) in [6.07, 6.45) is 10.8. The molecular formula is C26H26N6. The standard InChI is InChI=1S/C26H26N6/c1-3-12-32(17-27)26(28)21-7-4-8-23(14-21)31-18(2)25-15-19(10-11-29-25)22-13-20-6-5-9-24(20)30-16-22/h4-5,7-11,13-17,27-28,31H,2-3,6,12H2,1H3.